The molecule has 4 heterocycles. The highest BCUT2D eigenvalue weighted by Crippen LogP contribution is 2.33. The molecule has 5 aromatic rings. The van der Waals surface area contributed by atoms with Gasteiger partial charge in [0.25, 0.3) is 0 Å². The zero-order valence-corrected chi connectivity index (χ0v) is 19.2. The van der Waals surface area contributed by atoms with Crippen LogP contribution in [-0.4, -0.2) is 46.3 Å². The van der Waals surface area contributed by atoms with Crippen LogP contribution in [0.1, 0.15) is 20.8 Å². The molecule has 11 heteroatoms. The Labute approximate surface area is 199 Å². The second-order valence-electron chi connectivity index (χ2n) is 8.73. The van der Waals surface area contributed by atoms with E-state index < -0.39 is 11.7 Å². The monoisotopic (exact) mass is 472 g/mol. The smallest absolute Gasteiger partial charge is 0.413 e. The largest absolute Gasteiger partial charge is 0.444 e. The summed E-state index contributed by atoms with van der Waals surface area (Å²) in [5, 5.41) is 19.6. The third kappa shape index (κ3) is 4.83. The number of nitrogens with zero attached hydrogens (tertiary/aromatic N) is 7. The number of halogens is 1. The van der Waals surface area contributed by atoms with Gasteiger partial charge in [0.2, 0.25) is 0 Å². The third-order valence-electron chi connectivity index (χ3n) is 4.89. The Morgan fingerprint density at radius 1 is 1.06 bits per heavy atom. The summed E-state index contributed by atoms with van der Waals surface area (Å²) in [7, 11) is 0. The van der Waals surface area contributed by atoms with Gasteiger partial charge in [-0.05, 0) is 62.7 Å². The van der Waals surface area contributed by atoms with Gasteiger partial charge in [0.15, 0.2) is 11.5 Å². The number of aromatic nitrogens is 7. The zero-order valence-electron chi connectivity index (χ0n) is 19.2. The van der Waals surface area contributed by atoms with E-state index in [1.54, 1.807) is 74.2 Å². The fourth-order valence-electron chi connectivity index (χ4n) is 3.47. The van der Waals surface area contributed by atoms with E-state index in [-0.39, 0.29) is 5.82 Å². The fourth-order valence-corrected chi connectivity index (χ4v) is 3.47. The van der Waals surface area contributed by atoms with Crippen molar-refractivity contribution in [3.63, 3.8) is 0 Å². The highest BCUT2D eigenvalue weighted by molar-refractivity contribution is 5.86. The first kappa shape index (κ1) is 22.1. The molecule has 5 rings (SSSR count). The van der Waals surface area contributed by atoms with Crippen LogP contribution in [0.25, 0.3) is 33.8 Å². The zero-order chi connectivity index (χ0) is 24.6. The highest BCUT2D eigenvalue weighted by atomic mass is 19.1. The molecule has 0 aliphatic carbocycles. The lowest BCUT2D eigenvalue weighted by Gasteiger charge is -2.19. The summed E-state index contributed by atoms with van der Waals surface area (Å²) < 4.78 is 22.5. The summed E-state index contributed by atoms with van der Waals surface area (Å²) in [4.78, 5) is 16.4. The van der Waals surface area contributed by atoms with Crippen molar-refractivity contribution in [2.24, 2.45) is 0 Å². The average Bonchev–Trinajstić information content (AvgIpc) is 3.45. The number of benzene rings is 1. The van der Waals surface area contributed by atoms with Crippen LogP contribution in [0.4, 0.5) is 15.0 Å². The van der Waals surface area contributed by atoms with Crippen LogP contribution in [0.5, 0.6) is 0 Å². The number of anilines is 1. The normalized spacial score (nSPS) is 11.5. The molecule has 0 radical (unpaired) electrons. The van der Waals surface area contributed by atoms with Crippen molar-refractivity contribution < 1.29 is 13.9 Å². The molecular weight excluding hydrogens is 451 g/mol. The van der Waals surface area contributed by atoms with Gasteiger partial charge in [-0.15, -0.1) is 15.3 Å². The lowest BCUT2D eigenvalue weighted by Crippen LogP contribution is -2.27. The molecule has 10 nitrogen and oxygen atoms in total. The van der Waals surface area contributed by atoms with Gasteiger partial charge in [0.1, 0.15) is 29.3 Å². The number of fused-ring (bicyclic) bond motifs is 1. The molecule has 0 aliphatic rings. The Morgan fingerprint density at radius 2 is 1.91 bits per heavy atom. The maximum atomic E-state index is 14.1. The summed E-state index contributed by atoms with van der Waals surface area (Å²) >= 11 is 0. The number of carbonyl (C=O) groups is 1. The third-order valence-corrected chi connectivity index (χ3v) is 4.89. The summed E-state index contributed by atoms with van der Waals surface area (Å²) in [6.07, 6.45) is 4.23. The van der Waals surface area contributed by atoms with Crippen molar-refractivity contribution in [3.05, 3.63) is 73.1 Å². The Balaban J connectivity index is 1.58. The molecule has 176 valence electrons. The highest BCUT2D eigenvalue weighted by Gasteiger charge is 2.19. The molecule has 0 spiro atoms. The van der Waals surface area contributed by atoms with Crippen molar-refractivity contribution in [1.29, 1.82) is 0 Å². The maximum Gasteiger partial charge on any atom is 0.413 e. The Bertz CT molecular complexity index is 1540. The molecule has 0 atom stereocenters. The molecule has 1 amide bonds. The number of carbonyl (C=O) groups excluding carboxylic acids is 1. The number of nitrogens with one attached hydrogen (secondary N) is 1. The van der Waals surface area contributed by atoms with Crippen LogP contribution in [0.2, 0.25) is 0 Å². The topological polar surface area (TPSA) is 112 Å². The number of hydrogen-bond acceptors (Lipinski definition) is 7. The van der Waals surface area contributed by atoms with Gasteiger partial charge in [-0.3, -0.25) is 5.32 Å². The van der Waals surface area contributed by atoms with Gasteiger partial charge in [0, 0.05) is 23.5 Å². The molecule has 1 aromatic carbocycles. The molecule has 0 unspecified atom stereocenters. The minimum atomic E-state index is -0.647. The van der Waals surface area contributed by atoms with Gasteiger partial charge in [0.05, 0.1) is 0 Å². The van der Waals surface area contributed by atoms with E-state index in [1.165, 1.54) is 23.0 Å². The molecule has 0 bridgehead atoms. The van der Waals surface area contributed by atoms with Gasteiger partial charge < -0.3 is 4.74 Å². The van der Waals surface area contributed by atoms with Gasteiger partial charge in [-0.25, -0.2) is 18.9 Å². The van der Waals surface area contributed by atoms with Crippen LogP contribution in [0.15, 0.2) is 67.3 Å². The fraction of sp³-hybridized carbons (Fsp3) is 0.167. The summed E-state index contributed by atoms with van der Waals surface area (Å²) in [5.74, 6) is 0.440. The van der Waals surface area contributed by atoms with E-state index in [0.717, 1.165) is 0 Å². The number of ether oxygens (including phenoxy) is 1. The van der Waals surface area contributed by atoms with Gasteiger partial charge >= 0.3 is 6.09 Å². The Hall–Kier alpha value is -4.67. The molecule has 0 fully saturated rings. The van der Waals surface area contributed by atoms with E-state index in [0.29, 0.717) is 39.7 Å². The van der Waals surface area contributed by atoms with Crippen molar-refractivity contribution in [1.82, 2.24) is 34.6 Å². The first-order chi connectivity index (χ1) is 16.7. The van der Waals surface area contributed by atoms with Gasteiger partial charge in [-0.2, -0.15) is 9.61 Å². The van der Waals surface area contributed by atoms with Crippen LogP contribution < -0.4 is 5.32 Å². The average molecular weight is 472 g/mol. The number of pyridine rings is 1. The van der Waals surface area contributed by atoms with Crippen LogP contribution in [0.3, 0.4) is 0 Å². The number of amides is 1. The van der Waals surface area contributed by atoms with Gasteiger partial charge in [-0.1, -0.05) is 12.1 Å². The van der Waals surface area contributed by atoms with E-state index >= 15 is 0 Å². The molecule has 4 aromatic heterocycles. The predicted octanol–water partition coefficient (Wildman–Crippen LogP) is 4.53. The van der Waals surface area contributed by atoms with Crippen molar-refractivity contribution in [2.75, 3.05) is 5.32 Å². The Morgan fingerprint density at radius 3 is 2.71 bits per heavy atom. The molecular formula is C24H21FN8O2. The van der Waals surface area contributed by atoms with E-state index in [1.807, 2.05) is 0 Å². The van der Waals surface area contributed by atoms with Crippen LogP contribution >= 0.6 is 0 Å². The molecule has 35 heavy (non-hydrogen) atoms. The molecule has 1 N–H and O–H groups in total. The SMILES string of the molecule is CC(C)(C)OC(=O)Nc1cc(-c2cn(-c3ccc4nncn4n3)nc2-c2cccc(F)c2)ccn1. The maximum absolute atomic E-state index is 14.1. The van der Waals surface area contributed by atoms with Crippen LogP contribution in [0, 0.1) is 5.82 Å². The first-order valence-electron chi connectivity index (χ1n) is 10.7. The quantitative estimate of drug-likeness (QED) is 0.409. The molecule has 0 saturated carbocycles. The number of rotatable bonds is 4. The lowest BCUT2D eigenvalue weighted by atomic mass is 10.0. The van der Waals surface area contributed by atoms with E-state index in [2.05, 4.69) is 25.6 Å². The van der Waals surface area contributed by atoms with Crippen molar-refractivity contribution in [2.45, 2.75) is 26.4 Å². The summed E-state index contributed by atoms with van der Waals surface area (Å²) in [6, 6.07) is 13.2. The standard InChI is InChI=1S/C24H21FN8O2/c1-24(2,3)35-23(34)28-19-12-15(9-10-26-19)18-13-32(21-8-7-20-29-27-14-33(20)30-21)31-22(18)16-5-4-6-17(25)11-16/h4-14H,1-3H3,(H,26,28,34). The lowest BCUT2D eigenvalue weighted by molar-refractivity contribution is 0.0635. The first-order valence-corrected chi connectivity index (χ1v) is 10.7. The second kappa shape index (κ2) is 8.60. The molecule has 0 aliphatic heterocycles. The summed E-state index contributed by atoms with van der Waals surface area (Å²) in [6.45, 7) is 5.34. The number of hydrogen-bond donors (Lipinski definition) is 1. The predicted molar refractivity (Wildman–Crippen MR) is 126 cm³/mol. The minimum Gasteiger partial charge on any atom is -0.444 e. The minimum absolute atomic E-state index is 0.304. The second-order valence-corrected chi connectivity index (χ2v) is 8.73. The summed E-state index contributed by atoms with van der Waals surface area (Å²) in [5.41, 5.74) is 2.47. The van der Waals surface area contributed by atoms with Crippen LogP contribution in [-0.2, 0) is 4.74 Å². The molecule has 0 saturated heterocycles. The van der Waals surface area contributed by atoms with Crippen molar-refractivity contribution in [3.8, 4) is 28.2 Å². The Kier molecular flexibility index (Phi) is 5.44. The van der Waals surface area contributed by atoms with Crippen molar-refractivity contribution >= 4 is 17.6 Å². The van der Waals surface area contributed by atoms with E-state index in [4.69, 9.17) is 9.84 Å². The van der Waals surface area contributed by atoms with E-state index in [9.17, 15) is 9.18 Å².